The minimum absolute atomic E-state index is 0.0962. The maximum atomic E-state index is 13.6. The Kier molecular flexibility index (Phi) is 7.44. The number of halogens is 1. The molecule has 2 rings (SSSR count). The first-order valence-electron chi connectivity index (χ1n) is 8.51. The SMILES string of the molecule is COc1ccc(CC(=O)OCC(=O)NCCC2=CCCCC2)cc1F. The first-order valence-corrected chi connectivity index (χ1v) is 8.51. The molecular formula is C19H24FNO4. The van der Waals surface area contributed by atoms with Crippen LogP contribution in [-0.2, 0) is 20.7 Å². The molecule has 5 nitrogen and oxygen atoms in total. The third kappa shape index (κ3) is 6.57. The second-order valence-corrected chi connectivity index (χ2v) is 6.01. The van der Waals surface area contributed by atoms with E-state index < -0.39 is 11.8 Å². The Balaban J connectivity index is 1.66. The quantitative estimate of drug-likeness (QED) is 0.579. The summed E-state index contributed by atoms with van der Waals surface area (Å²) in [6, 6.07) is 4.25. The summed E-state index contributed by atoms with van der Waals surface area (Å²) in [7, 11) is 1.37. The first-order chi connectivity index (χ1) is 12.1. The molecule has 0 saturated heterocycles. The molecule has 0 atom stereocenters. The van der Waals surface area contributed by atoms with Crippen LogP contribution in [0, 0.1) is 5.82 Å². The van der Waals surface area contributed by atoms with Crippen LogP contribution >= 0.6 is 0 Å². The van der Waals surface area contributed by atoms with Crippen LogP contribution in [0.2, 0.25) is 0 Å². The van der Waals surface area contributed by atoms with Gasteiger partial charge in [0.1, 0.15) is 0 Å². The average Bonchev–Trinajstić information content (AvgIpc) is 2.61. The Morgan fingerprint density at radius 3 is 2.80 bits per heavy atom. The number of carbonyl (C=O) groups is 2. The highest BCUT2D eigenvalue weighted by atomic mass is 19.1. The number of allylic oxidation sites excluding steroid dienone is 1. The molecule has 0 saturated carbocycles. The molecule has 25 heavy (non-hydrogen) atoms. The van der Waals surface area contributed by atoms with Gasteiger partial charge in [-0.05, 0) is 49.8 Å². The Morgan fingerprint density at radius 1 is 1.28 bits per heavy atom. The fourth-order valence-corrected chi connectivity index (χ4v) is 2.73. The van der Waals surface area contributed by atoms with Gasteiger partial charge in [-0.25, -0.2) is 4.39 Å². The van der Waals surface area contributed by atoms with E-state index in [-0.39, 0.29) is 24.7 Å². The minimum atomic E-state index is -0.574. The van der Waals surface area contributed by atoms with Crippen molar-refractivity contribution in [2.24, 2.45) is 0 Å². The van der Waals surface area contributed by atoms with E-state index in [1.807, 2.05) is 0 Å². The van der Waals surface area contributed by atoms with Crippen LogP contribution in [0.4, 0.5) is 4.39 Å². The summed E-state index contributed by atoms with van der Waals surface area (Å²) in [4.78, 5) is 23.4. The van der Waals surface area contributed by atoms with Crippen molar-refractivity contribution >= 4 is 11.9 Å². The summed E-state index contributed by atoms with van der Waals surface area (Å²) in [5.74, 6) is -1.33. The summed E-state index contributed by atoms with van der Waals surface area (Å²) in [6.07, 6.45) is 7.65. The highest BCUT2D eigenvalue weighted by Gasteiger charge is 2.11. The average molecular weight is 349 g/mol. The molecule has 1 N–H and O–H groups in total. The van der Waals surface area contributed by atoms with Crippen LogP contribution in [0.1, 0.15) is 37.7 Å². The van der Waals surface area contributed by atoms with Crippen molar-refractivity contribution in [1.82, 2.24) is 5.32 Å². The zero-order chi connectivity index (χ0) is 18.1. The van der Waals surface area contributed by atoms with E-state index in [2.05, 4.69) is 11.4 Å². The van der Waals surface area contributed by atoms with E-state index in [0.717, 1.165) is 19.3 Å². The Labute approximate surface area is 147 Å². The molecule has 0 aliphatic heterocycles. The van der Waals surface area contributed by atoms with Gasteiger partial charge in [0.15, 0.2) is 18.2 Å². The summed E-state index contributed by atoms with van der Waals surface area (Å²) in [5.41, 5.74) is 1.85. The van der Waals surface area contributed by atoms with Gasteiger partial charge >= 0.3 is 5.97 Å². The maximum Gasteiger partial charge on any atom is 0.310 e. The lowest BCUT2D eigenvalue weighted by molar-refractivity contribution is -0.147. The summed E-state index contributed by atoms with van der Waals surface area (Å²) in [5, 5.41) is 2.74. The summed E-state index contributed by atoms with van der Waals surface area (Å²) < 4.78 is 23.3. The van der Waals surface area contributed by atoms with Gasteiger partial charge in [0.25, 0.3) is 5.91 Å². The van der Waals surface area contributed by atoms with Crippen molar-refractivity contribution in [3.05, 3.63) is 41.2 Å². The van der Waals surface area contributed by atoms with Gasteiger partial charge in [-0.1, -0.05) is 17.7 Å². The molecule has 0 aromatic heterocycles. The molecule has 0 spiro atoms. The van der Waals surface area contributed by atoms with E-state index in [1.165, 1.54) is 37.7 Å². The minimum Gasteiger partial charge on any atom is -0.494 e. The molecule has 1 aliphatic rings. The van der Waals surface area contributed by atoms with Gasteiger partial charge in [0, 0.05) is 6.54 Å². The Morgan fingerprint density at radius 2 is 2.12 bits per heavy atom. The van der Waals surface area contributed by atoms with Crippen molar-refractivity contribution in [3.63, 3.8) is 0 Å². The molecular weight excluding hydrogens is 325 g/mol. The fourth-order valence-electron chi connectivity index (χ4n) is 2.73. The highest BCUT2D eigenvalue weighted by molar-refractivity contribution is 5.81. The van der Waals surface area contributed by atoms with E-state index in [9.17, 15) is 14.0 Å². The molecule has 0 radical (unpaired) electrons. The molecule has 136 valence electrons. The Hall–Kier alpha value is -2.37. The predicted molar refractivity (Wildman–Crippen MR) is 91.8 cm³/mol. The van der Waals surface area contributed by atoms with Gasteiger partial charge in [0.05, 0.1) is 13.5 Å². The molecule has 6 heteroatoms. The standard InChI is InChI=1S/C19H24FNO4/c1-24-17-8-7-15(11-16(17)20)12-19(23)25-13-18(22)21-10-9-14-5-3-2-4-6-14/h5,7-8,11H,2-4,6,9-10,12-13H2,1H3,(H,21,22). The summed E-state index contributed by atoms with van der Waals surface area (Å²) >= 11 is 0. The van der Waals surface area contributed by atoms with Gasteiger partial charge in [-0.2, -0.15) is 0 Å². The first kappa shape index (κ1) is 19.0. The van der Waals surface area contributed by atoms with Crippen LogP contribution < -0.4 is 10.1 Å². The molecule has 0 fully saturated rings. The van der Waals surface area contributed by atoms with Gasteiger partial charge in [-0.15, -0.1) is 0 Å². The van der Waals surface area contributed by atoms with Crippen LogP contribution in [0.15, 0.2) is 29.8 Å². The molecule has 1 aromatic carbocycles. The van der Waals surface area contributed by atoms with E-state index in [0.29, 0.717) is 12.1 Å². The van der Waals surface area contributed by atoms with Gasteiger partial charge < -0.3 is 14.8 Å². The molecule has 1 aromatic rings. The lowest BCUT2D eigenvalue weighted by atomic mass is 9.97. The van der Waals surface area contributed by atoms with E-state index in [4.69, 9.17) is 9.47 Å². The number of carbonyl (C=O) groups excluding carboxylic acids is 2. The highest BCUT2D eigenvalue weighted by Crippen LogP contribution is 2.19. The second kappa shape index (κ2) is 9.81. The molecule has 0 unspecified atom stereocenters. The lowest BCUT2D eigenvalue weighted by Gasteiger charge is -2.13. The number of methoxy groups -OCH3 is 1. The monoisotopic (exact) mass is 349 g/mol. The van der Waals surface area contributed by atoms with Crippen molar-refractivity contribution in [3.8, 4) is 5.75 Å². The topological polar surface area (TPSA) is 64.6 Å². The van der Waals surface area contributed by atoms with Gasteiger partial charge in [0.2, 0.25) is 0 Å². The lowest BCUT2D eigenvalue weighted by Crippen LogP contribution is -2.30. The van der Waals surface area contributed by atoms with Crippen molar-refractivity contribution < 1.29 is 23.5 Å². The zero-order valence-electron chi connectivity index (χ0n) is 14.5. The number of benzene rings is 1. The molecule has 1 aliphatic carbocycles. The number of nitrogens with one attached hydrogen (secondary N) is 1. The zero-order valence-corrected chi connectivity index (χ0v) is 14.5. The fraction of sp³-hybridized carbons (Fsp3) is 0.474. The molecule has 0 bridgehead atoms. The van der Waals surface area contributed by atoms with Crippen molar-refractivity contribution in [2.45, 2.75) is 38.5 Å². The number of amides is 1. The third-order valence-corrected chi connectivity index (χ3v) is 4.08. The largest absolute Gasteiger partial charge is 0.494 e. The smallest absolute Gasteiger partial charge is 0.310 e. The number of hydrogen-bond donors (Lipinski definition) is 1. The van der Waals surface area contributed by atoms with E-state index in [1.54, 1.807) is 6.07 Å². The summed E-state index contributed by atoms with van der Waals surface area (Å²) in [6.45, 7) is 0.225. The van der Waals surface area contributed by atoms with Gasteiger partial charge in [-0.3, -0.25) is 9.59 Å². The number of hydrogen-bond acceptors (Lipinski definition) is 4. The van der Waals surface area contributed by atoms with Crippen LogP contribution in [0.5, 0.6) is 5.75 Å². The number of ether oxygens (including phenoxy) is 2. The second-order valence-electron chi connectivity index (χ2n) is 6.01. The predicted octanol–water partition coefficient (Wildman–Crippen LogP) is 2.93. The van der Waals surface area contributed by atoms with E-state index >= 15 is 0 Å². The number of esters is 1. The van der Waals surface area contributed by atoms with Crippen molar-refractivity contribution in [2.75, 3.05) is 20.3 Å². The number of rotatable bonds is 8. The van der Waals surface area contributed by atoms with Crippen LogP contribution in [0.25, 0.3) is 0 Å². The third-order valence-electron chi connectivity index (χ3n) is 4.08. The Bertz CT molecular complexity index is 642. The normalized spacial score (nSPS) is 13.8. The van der Waals surface area contributed by atoms with Crippen LogP contribution in [-0.4, -0.2) is 32.1 Å². The molecule has 0 heterocycles. The maximum absolute atomic E-state index is 13.6. The van der Waals surface area contributed by atoms with Crippen LogP contribution in [0.3, 0.4) is 0 Å². The molecule has 1 amide bonds. The van der Waals surface area contributed by atoms with Crippen molar-refractivity contribution in [1.29, 1.82) is 0 Å².